The maximum Gasteiger partial charge on any atom is 0.250 e. The molecule has 2 heterocycles. The number of benzene rings is 2. The van der Waals surface area contributed by atoms with Crippen molar-refractivity contribution in [3.63, 3.8) is 0 Å². The van der Waals surface area contributed by atoms with E-state index in [9.17, 15) is 19.2 Å². The van der Waals surface area contributed by atoms with Crippen LogP contribution in [-0.4, -0.2) is 83.9 Å². The maximum atomic E-state index is 14.1. The largest absolute Gasteiger partial charge is 0.352 e. The number of amides is 4. The minimum absolute atomic E-state index is 0.0149. The Morgan fingerprint density at radius 3 is 2.31 bits per heavy atom. The third kappa shape index (κ3) is 7.97. The summed E-state index contributed by atoms with van der Waals surface area (Å²) in [7, 11) is 0. The maximum absolute atomic E-state index is 14.1. The molecule has 5 rings (SSSR count). The lowest BCUT2D eigenvalue weighted by Crippen LogP contribution is -2.60. The second kappa shape index (κ2) is 15.1. The molecule has 4 N–H and O–H groups in total. The monoisotopic (exact) mass is 636 g/mol. The summed E-state index contributed by atoms with van der Waals surface area (Å²) in [5.41, 5.74) is 6.53. The van der Waals surface area contributed by atoms with Crippen molar-refractivity contribution in [1.82, 2.24) is 20.4 Å². The Labute approximate surface area is 270 Å². The highest BCUT2D eigenvalue weighted by Crippen LogP contribution is 2.39. The molecule has 1 aliphatic carbocycles. The first-order valence-electron chi connectivity index (χ1n) is 16.2. The SMILES string of the molecule is NCCCC(=O)NC(Cc1ccc(Cl)cc1)C(=O)N1CCC2(CC1)C(=O)N(CC(=O)NC1CCCCC1)CN2c1ccccc1. The van der Waals surface area contributed by atoms with Crippen LogP contribution in [0.5, 0.6) is 0 Å². The molecule has 3 aliphatic rings. The summed E-state index contributed by atoms with van der Waals surface area (Å²) in [6.07, 6.45) is 7.34. The molecule has 3 fully saturated rings. The second-order valence-corrected chi connectivity index (χ2v) is 12.9. The number of anilines is 1. The van der Waals surface area contributed by atoms with E-state index in [1.807, 2.05) is 42.5 Å². The molecule has 11 heteroatoms. The third-order valence-electron chi connectivity index (χ3n) is 9.38. The predicted octanol–water partition coefficient (Wildman–Crippen LogP) is 3.22. The normalized spacial score (nSPS) is 19.1. The van der Waals surface area contributed by atoms with Gasteiger partial charge in [-0.2, -0.15) is 0 Å². The lowest BCUT2D eigenvalue weighted by atomic mass is 9.85. The van der Waals surface area contributed by atoms with Gasteiger partial charge in [0.15, 0.2) is 0 Å². The van der Waals surface area contributed by atoms with Gasteiger partial charge in [-0.3, -0.25) is 19.2 Å². The fourth-order valence-electron chi connectivity index (χ4n) is 6.92. The van der Waals surface area contributed by atoms with E-state index in [2.05, 4.69) is 15.5 Å². The van der Waals surface area contributed by atoms with Gasteiger partial charge < -0.3 is 31.1 Å². The van der Waals surface area contributed by atoms with Gasteiger partial charge in [-0.25, -0.2) is 0 Å². The van der Waals surface area contributed by atoms with Crippen molar-refractivity contribution in [2.75, 3.05) is 37.7 Å². The number of halogens is 1. The van der Waals surface area contributed by atoms with E-state index < -0.39 is 11.6 Å². The van der Waals surface area contributed by atoms with E-state index in [-0.39, 0.29) is 42.6 Å². The van der Waals surface area contributed by atoms with Crippen molar-refractivity contribution in [1.29, 1.82) is 0 Å². The number of carbonyl (C=O) groups excluding carboxylic acids is 4. The molecule has 242 valence electrons. The van der Waals surface area contributed by atoms with Crippen molar-refractivity contribution in [3.8, 4) is 0 Å². The zero-order valence-electron chi connectivity index (χ0n) is 25.9. The van der Waals surface area contributed by atoms with Gasteiger partial charge >= 0.3 is 0 Å². The fourth-order valence-corrected chi connectivity index (χ4v) is 7.04. The van der Waals surface area contributed by atoms with Crippen LogP contribution in [0.2, 0.25) is 5.02 Å². The van der Waals surface area contributed by atoms with Gasteiger partial charge in [0.2, 0.25) is 17.7 Å². The number of carbonyl (C=O) groups is 4. The second-order valence-electron chi connectivity index (χ2n) is 12.5. The Hall–Kier alpha value is -3.63. The average molecular weight is 637 g/mol. The van der Waals surface area contributed by atoms with E-state index >= 15 is 0 Å². The van der Waals surface area contributed by atoms with Gasteiger partial charge in [-0.15, -0.1) is 0 Å². The Balaban J connectivity index is 1.30. The Morgan fingerprint density at radius 2 is 1.64 bits per heavy atom. The van der Waals surface area contributed by atoms with Gasteiger partial charge in [-0.1, -0.05) is 61.2 Å². The first-order valence-corrected chi connectivity index (χ1v) is 16.6. The van der Waals surface area contributed by atoms with Gasteiger partial charge in [0.1, 0.15) is 18.1 Å². The molecule has 1 spiro atoms. The van der Waals surface area contributed by atoms with Crippen molar-refractivity contribution >= 4 is 40.9 Å². The third-order valence-corrected chi connectivity index (χ3v) is 9.64. The van der Waals surface area contributed by atoms with E-state index in [4.69, 9.17) is 17.3 Å². The molecular weight excluding hydrogens is 592 g/mol. The zero-order valence-corrected chi connectivity index (χ0v) is 26.6. The summed E-state index contributed by atoms with van der Waals surface area (Å²) >= 11 is 6.07. The van der Waals surface area contributed by atoms with Crippen LogP contribution in [0.15, 0.2) is 54.6 Å². The summed E-state index contributed by atoms with van der Waals surface area (Å²) in [5, 5.41) is 6.67. The Bertz CT molecular complexity index is 1330. The van der Waals surface area contributed by atoms with Crippen molar-refractivity contribution < 1.29 is 19.2 Å². The van der Waals surface area contributed by atoms with Crippen LogP contribution in [0.25, 0.3) is 0 Å². The number of hydrogen-bond donors (Lipinski definition) is 3. The topological polar surface area (TPSA) is 128 Å². The van der Waals surface area contributed by atoms with Crippen LogP contribution >= 0.6 is 11.6 Å². The van der Waals surface area contributed by atoms with Crippen LogP contribution in [0, 0.1) is 0 Å². The molecule has 0 aromatic heterocycles. The van der Waals surface area contributed by atoms with Gasteiger partial charge in [0.25, 0.3) is 5.91 Å². The van der Waals surface area contributed by atoms with Crippen LogP contribution < -0.4 is 21.3 Å². The minimum Gasteiger partial charge on any atom is -0.352 e. The number of rotatable bonds is 11. The number of likely N-dealkylation sites (tertiary alicyclic amines) is 1. The molecule has 4 amide bonds. The average Bonchev–Trinajstić information content (AvgIpc) is 3.31. The molecular formula is C34H45ClN6O4. The van der Waals surface area contributed by atoms with Crippen molar-refractivity contribution in [2.45, 2.75) is 81.8 Å². The first-order chi connectivity index (χ1) is 21.8. The highest BCUT2D eigenvalue weighted by molar-refractivity contribution is 6.30. The van der Waals surface area contributed by atoms with Gasteiger partial charge in [0, 0.05) is 42.7 Å². The van der Waals surface area contributed by atoms with Gasteiger partial charge in [-0.05, 0) is 68.5 Å². The molecule has 2 aliphatic heterocycles. The van der Waals surface area contributed by atoms with Gasteiger partial charge in [0.05, 0.1) is 6.67 Å². The van der Waals surface area contributed by atoms with E-state index in [1.54, 1.807) is 21.9 Å². The fraction of sp³-hybridized carbons (Fsp3) is 0.529. The highest BCUT2D eigenvalue weighted by Gasteiger charge is 2.54. The Morgan fingerprint density at radius 1 is 0.956 bits per heavy atom. The summed E-state index contributed by atoms with van der Waals surface area (Å²) in [6, 6.07) is 16.5. The molecule has 45 heavy (non-hydrogen) atoms. The van der Waals surface area contributed by atoms with E-state index in [0.29, 0.717) is 57.0 Å². The molecule has 0 radical (unpaired) electrons. The number of piperidine rings is 1. The molecule has 1 unspecified atom stereocenters. The predicted molar refractivity (Wildman–Crippen MR) is 174 cm³/mol. The standard InChI is InChI=1S/C34H45ClN6O4/c35-26-15-13-25(14-16-26)22-29(38-30(42)12-7-19-36)32(44)39-20-17-34(18-21-39)33(45)40(24-41(34)28-10-5-2-6-11-28)23-31(43)37-27-8-3-1-4-9-27/h2,5-6,10-11,13-16,27,29H,1,3-4,7-9,12,17-24,36H2,(H,37,43)(H,38,42). The number of nitrogens with zero attached hydrogens (tertiary/aromatic N) is 3. The highest BCUT2D eigenvalue weighted by atomic mass is 35.5. The molecule has 2 saturated heterocycles. The summed E-state index contributed by atoms with van der Waals surface area (Å²) in [5.74, 6) is -0.598. The molecule has 1 atom stereocenters. The van der Waals surface area contributed by atoms with E-state index in [0.717, 1.165) is 36.9 Å². The van der Waals surface area contributed by atoms with Crippen LogP contribution in [0.3, 0.4) is 0 Å². The number of nitrogens with two attached hydrogens (primary N) is 1. The molecule has 0 bridgehead atoms. The number of hydrogen-bond acceptors (Lipinski definition) is 6. The zero-order chi connectivity index (χ0) is 31.8. The molecule has 2 aromatic carbocycles. The minimum atomic E-state index is -0.862. The van der Waals surface area contributed by atoms with Crippen molar-refractivity contribution in [2.24, 2.45) is 5.73 Å². The Kier molecular flexibility index (Phi) is 11.0. The van der Waals surface area contributed by atoms with Crippen LogP contribution in [-0.2, 0) is 25.6 Å². The summed E-state index contributed by atoms with van der Waals surface area (Å²) in [6.45, 7) is 1.42. The quantitative estimate of drug-likeness (QED) is 0.348. The summed E-state index contributed by atoms with van der Waals surface area (Å²) < 4.78 is 0. The number of nitrogens with one attached hydrogen (secondary N) is 2. The molecule has 2 aromatic rings. The smallest absolute Gasteiger partial charge is 0.250 e. The van der Waals surface area contributed by atoms with Crippen LogP contribution in [0.4, 0.5) is 5.69 Å². The number of para-hydroxylation sites is 1. The molecule has 1 saturated carbocycles. The molecule has 10 nitrogen and oxygen atoms in total. The first kappa shape index (κ1) is 32.8. The summed E-state index contributed by atoms with van der Waals surface area (Å²) in [4.78, 5) is 59.3. The van der Waals surface area contributed by atoms with Crippen molar-refractivity contribution in [3.05, 3.63) is 65.2 Å². The lowest BCUT2D eigenvalue weighted by molar-refractivity contribution is -0.141. The van der Waals surface area contributed by atoms with E-state index in [1.165, 1.54) is 6.42 Å². The van der Waals surface area contributed by atoms with Crippen LogP contribution in [0.1, 0.15) is 63.4 Å². The lowest BCUT2D eigenvalue weighted by Gasteiger charge is -2.44.